The normalized spacial score (nSPS) is 12.3. The maximum atomic E-state index is 12.3. The first-order valence-corrected chi connectivity index (χ1v) is 7.10. The second kappa shape index (κ2) is 6.17. The average Bonchev–Trinajstić information content (AvgIpc) is 2.93. The van der Waals surface area contributed by atoms with E-state index >= 15 is 0 Å². The summed E-state index contributed by atoms with van der Waals surface area (Å²) in [5.74, 6) is 0.898. The Bertz CT molecular complexity index is 675. The lowest BCUT2D eigenvalue weighted by Gasteiger charge is -2.20. The summed E-state index contributed by atoms with van der Waals surface area (Å²) < 4.78 is 7.10. The molecule has 2 aromatic rings. The number of nitrogens with zero attached hydrogens (tertiary/aromatic N) is 5. The van der Waals surface area contributed by atoms with Crippen molar-refractivity contribution in [2.75, 3.05) is 7.05 Å². The third-order valence-corrected chi connectivity index (χ3v) is 3.62. The van der Waals surface area contributed by atoms with Crippen LogP contribution in [0.2, 0.25) is 0 Å². The first kappa shape index (κ1) is 16.0. The Hall–Kier alpha value is -2.38. The standard InChI is InChI=1S/C14H22N6O2/c1-8(13-9(2)18-20(6)10(13)3)15-14(21)19(5)7-12-17-16-11(4)22-12/h8H,7H2,1-6H3,(H,15,21). The molecular formula is C14H22N6O2. The van der Waals surface area contributed by atoms with Crippen LogP contribution >= 0.6 is 0 Å². The SMILES string of the molecule is Cc1nnc(CN(C)C(=O)NC(C)c2c(C)nn(C)c2C)o1. The molecule has 1 unspecified atom stereocenters. The Morgan fingerprint density at radius 2 is 2.05 bits per heavy atom. The van der Waals surface area contributed by atoms with E-state index in [0.717, 1.165) is 17.0 Å². The molecule has 0 fully saturated rings. The van der Waals surface area contributed by atoms with E-state index in [4.69, 9.17) is 4.42 Å². The van der Waals surface area contributed by atoms with Gasteiger partial charge >= 0.3 is 6.03 Å². The highest BCUT2D eigenvalue weighted by atomic mass is 16.4. The summed E-state index contributed by atoms with van der Waals surface area (Å²) in [5.41, 5.74) is 3.00. The number of aryl methyl sites for hydroxylation is 3. The smallest absolute Gasteiger partial charge is 0.318 e. The summed E-state index contributed by atoms with van der Waals surface area (Å²) in [6, 6.07) is -0.334. The molecule has 8 nitrogen and oxygen atoms in total. The van der Waals surface area contributed by atoms with Crippen molar-refractivity contribution in [2.24, 2.45) is 7.05 Å². The summed E-state index contributed by atoms with van der Waals surface area (Å²) in [6.45, 7) is 7.86. The van der Waals surface area contributed by atoms with Crippen LogP contribution in [-0.4, -0.2) is 38.0 Å². The second-order valence-corrected chi connectivity index (χ2v) is 5.45. The molecule has 2 amide bonds. The number of nitrogens with one attached hydrogen (secondary N) is 1. The van der Waals surface area contributed by atoms with Crippen LogP contribution in [0.15, 0.2) is 4.42 Å². The molecule has 2 rings (SSSR count). The molecule has 22 heavy (non-hydrogen) atoms. The fraction of sp³-hybridized carbons (Fsp3) is 0.571. The van der Waals surface area contributed by atoms with Gasteiger partial charge in [-0.25, -0.2) is 4.79 Å². The zero-order valence-electron chi connectivity index (χ0n) is 13.8. The molecule has 0 aromatic carbocycles. The minimum Gasteiger partial charge on any atom is -0.424 e. The Kier molecular flexibility index (Phi) is 4.48. The number of carbonyl (C=O) groups excluding carboxylic acids is 1. The molecule has 8 heteroatoms. The number of carbonyl (C=O) groups is 1. The van der Waals surface area contributed by atoms with Crippen molar-refractivity contribution in [3.8, 4) is 0 Å². The number of urea groups is 1. The molecule has 0 saturated carbocycles. The molecule has 2 aromatic heterocycles. The number of aromatic nitrogens is 4. The molecule has 120 valence electrons. The predicted octanol–water partition coefficient (Wildman–Crippen LogP) is 1.63. The zero-order chi connectivity index (χ0) is 16.4. The predicted molar refractivity (Wildman–Crippen MR) is 80.1 cm³/mol. The molecule has 0 radical (unpaired) electrons. The van der Waals surface area contributed by atoms with Gasteiger partial charge in [0, 0.05) is 32.3 Å². The summed E-state index contributed by atoms with van der Waals surface area (Å²) in [4.78, 5) is 13.8. The molecule has 0 bridgehead atoms. The minimum absolute atomic E-state index is 0.131. The molecule has 2 heterocycles. The lowest BCUT2D eigenvalue weighted by Crippen LogP contribution is -2.38. The number of hydrogen-bond donors (Lipinski definition) is 1. The third kappa shape index (κ3) is 3.26. The van der Waals surface area contributed by atoms with Crippen molar-refractivity contribution in [3.05, 3.63) is 28.7 Å². The van der Waals surface area contributed by atoms with Gasteiger partial charge < -0.3 is 14.6 Å². The first-order valence-electron chi connectivity index (χ1n) is 7.10. The Morgan fingerprint density at radius 3 is 2.55 bits per heavy atom. The quantitative estimate of drug-likeness (QED) is 0.927. The Labute approximate surface area is 129 Å². The van der Waals surface area contributed by atoms with Crippen LogP contribution in [0.5, 0.6) is 0 Å². The molecule has 0 aliphatic carbocycles. The molecule has 0 spiro atoms. The van der Waals surface area contributed by atoms with Gasteiger partial charge in [0.05, 0.1) is 11.7 Å². The molecule has 0 aliphatic heterocycles. The number of rotatable bonds is 4. The third-order valence-electron chi connectivity index (χ3n) is 3.62. The van der Waals surface area contributed by atoms with E-state index < -0.39 is 0 Å². The van der Waals surface area contributed by atoms with E-state index in [1.165, 1.54) is 4.90 Å². The van der Waals surface area contributed by atoms with Crippen LogP contribution in [0.3, 0.4) is 0 Å². The van der Waals surface area contributed by atoms with Crippen molar-refractivity contribution in [2.45, 2.75) is 40.3 Å². The molecule has 0 aliphatic rings. The van der Waals surface area contributed by atoms with Crippen LogP contribution in [0.4, 0.5) is 4.79 Å². The van der Waals surface area contributed by atoms with Crippen LogP contribution in [-0.2, 0) is 13.6 Å². The van der Waals surface area contributed by atoms with Crippen LogP contribution in [0.25, 0.3) is 0 Å². The van der Waals surface area contributed by atoms with Crippen molar-refractivity contribution in [1.29, 1.82) is 0 Å². The molecule has 1 N–H and O–H groups in total. The summed E-state index contributed by atoms with van der Waals surface area (Å²) in [6.07, 6.45) is 0. The van der Waals surface area contributed by atoms with Gasteiger partial charge in [-0.3, -0.25) is 4.68 Å². The highest BCUT2D eigenvalue weighted by Crippen LogP contribution is 2.20. The fourth-order valence-corrected chi connectivity index (χ4v) is 2.46. The molecule has 1 atom stereocenters. The van der Waals surface area contributed by atoms with Gasteiger partial charge in [-0.05, 0) is 20.8 Å². The lowest BCUT2D eigenvalue weighted by atomic mass is 10.1. The van der Waals surface area contributed by atoms with Crippen molar-refractivity contribution in [1.82, 2.24) is 30.2 Å². The van der Waals surface area contributed by atoms with Crippen LogP contribution in [0.1, 0.15) is 41.7 Å². The number of hydrogen-bond acceptors (Lipinski definition) is 5. The summed E-state index contributed by atoms with van der Waals surface area (Å²) >= 11 is 0. The van der Waals surface area contributed by atoms with E-state index in [1.54, 1.807) is 14.0 Å². The molecular weight excluding hydrogens is 284 g/mol. The van der Waals surface area contributed by atoms with Gasteiger partial charge in [-0.1, -0.05) is 0 Å². The lowest BCUT2D eigenvalue weighted by molar-refractivity contribution is 0.198. The average molecular weight is 306 g/mol. The van der Waals surface area contributed by atoms with Gasteiger partial charge in [-0.2, -0.15) is 5.10 Å². The van der Waals surface area contributed by atoms with Gasteiger partial charge in [0.15, 0.2) is 0 Å². The van der Waals surface area contributed by atoms with E-state index in [2.05, 4.69) is 20.6 Å². The van der Waals surface area contributed by atoms with Gasteiger partial charge in [-0.15, -0.1) is 10.2 Å². The molecule has 0 saturated heterocycles. The first-order chi connectivity index (χ1) is 10.3. The summed E-state index contributed by atoms with van der Waals surface area (Å²) in [7, 11) is 3.58. The highest BCUT2D eigenvalue weighted by molar-refractivity contribution is 5.74. The van der Waals surface area contributed by atoms with Gasteiger partial charge in [0.25, 0.3) is 0 Å². The monoisotopic (exact) mass is 306 g/mol. The minimum atomic E-state index is -0.203. The van der Waals surface area contributed by atoms with Crippen molar-refractivity contribution < 1.29 is 9.21 Å². The van der Waals surface area contributed by atoms with Gasteiger partial charge in [0.2, 0.25) is 11.8 Å². The highest BCUT2D eigenvalue weighted by Gasteiger charge is 2.20. The maximum Gasteiger partial charge on any atom is 0.318 e. The van der Waals surface area contributed by atoms with E-state index in [9.17, 15) is 4.79 Å². The largest absolute Gasteiger partial charge is 0.424 e. The van der Waals surface area contributed by atoms with Crippen molar-refractivity contribution in [3.63, 3.8) is 0 Å². The Balaban J connectivity index is 2.01. The second-order valence-electron chi connectivity index (χ2n) is 5.45. The van der Waals surface area contributed by atoms with E-state index in [-0.39, 0.29) is 18.6 Å². The fourth-order valence-electron chi connectivity index (χ4n) is 2.46. The Morgan fingerprint density at radius 1 is 1.36 bits per heavy atom. The van der Waals surface area contributed by atoms with Crippen LogP contribution < -0.4 is 5.32 Å². The van der Waals surface area contributed by atoms with E-state index in [1.807, 2.05) is 32.5 Å². The van der Waals surface area contributed by atoms with E-state index in [0.29, 0.717) is 11.8 Å². The van der Waals surface area contributed by atoms with Crippen LogP contribution in [0, 0.1) is 20.8 Å². The van der Waals surface area contributed by atoms with Gasteiger partial charge in [0.1, 0.15) is 6.54 Å². The zero-order valence-corrected chi connectivity index (χ0v) is 13.8. The maximum absolute atomic E-state index is 12.3. The topological polar surface area (TPSA) is 89.1 Å². The van der Waals surface area contributed by atoms with Crippen molar-refractivity contribution >= 4 is 6.03 Å². The number of amides is 2. The summed E-state index contributed by atoms with van der Waals surface area (Å²) in [5, 5.41) is 15.0.